The average Bonchev–Trinajstić information content (AvgIpc) is 3.83. The quantitative estimate of drug-likeness (QED) is 0.186. The number of nitrogens with zero attached hydrogens (tertiary/aromatic N) is 3. The summed E-state index contributed by atoms with van der Waals surface area (Å²) in [5.41, 5.74) is 15.3. The van der Waals surface area contributed by atoms with Gasteiger partial charge in [-0.1, -0.05) is 129 Å². The number of para-hydroxylation sites is 1. The van der Waals surface area contributed by atoms with Crippen molar-refractivity contribution in [3.05, 3.63) is 175 Å². The maximum atomic E-state index is 6.67. The van der Waals surface area contributed by atoms with Crippen molar-refractivity contribution in [3.8, 4) is 50.7 Å². The van der Waals surface area contributed by atoms with Crippen LogP contribution < -0.4 is 0 Å². The molecule has 0 N–H and O–H groups in total. The number of hydrogen-bond acceptors (Lipinski definition) is 3. The van der Waals surface area contributed by atoms with Gasteiger partial charge in [-0.2, -0.15) is 0 Å². The monoisotopic (exact) mass is 679 g/mol. The summed E-state index contributed by atoms with van der Waals surface area (Å²) in [5, 5.41) is 4.73. The number of aromatic nitrogens is 3. The maximum Gasteiger partial charge on any atom is 0.160 e. The van der Waals surface area contributed by atoms with Gasteiger partial charge in [0.25, 0.3) is 0 Å². The van der Waals surface area contributed by atoms with Crippen LogP contribution in [0, 0.1) is 0 Å². The average molecular weight is 680 g/mol. The minimum atomic E-state index is -0.0887. The van der Waals surface area contributed by atoms with E-state index in [2.05, 4.69) is 146 Å². The Morgan fingerprint density at radius 2 is 1.13 bits per heavy atom. The molecule has 0 fully saturated rings. The Kier molecular flexibility index (Phi) is 6.27. The second-order valence-corrected chi connectivity index (χ2v) is 14.6. The van der Waals surface area contributed by atoms with Gasteiger partial charge in [0.2, 0.25) is 0 Å². The van der Waals surface area contributed by atoms with Crippen LogP contribution in [0.4, 0.5) is 0 Å². The number of furan rings is 1. The van der Waals surface area contributed by atoms with E-state index < -0.39 is 0 Å². The molecule has 1 aliphatic rings. The number of hydrogen-bond donors (Lipinski definition) is 0. The van der Waals surface area contributed by atoms with E-state index in [1.807, 2.05) is 36.4 Å². The molecule has 0 unspecified atom stereocenters. The van der Waals surface area contributed by atoms with Crippen molar-refractivity contribution in [1.29, 1.82) is 0 Å². The van der Waals surface area contributed by atoms with Crippen molar-refractivity contribution < 1.29 is 4.42 Å². The third-order valence-corrected chi connectivity index (χ3v) is 11.2. The summed E-state index contributed by atoms with van der Waals surface area (Å²) in [5.74, 6) is 0.711. The van der Waals surface area contributed by atoms with Gasteiger partial charge >= 0.3 is 0 Å². The molecule has 0 aliphatic heterocycles. The molecule has 0 radical (unpaired) electrons. The van der Waals surface area contributed by atoms with Gasteiger partial charge in [-0.05, 0) is 70.8 Å². The van der Waals surface area contributed by atoms with Crippen LogP contribution in [0.25, 0.3) is 94.5 Å². The maximum absolute atomic E-state index is 6.67. The van der Waals surface area contributed by atoms with Gasteiger partial charge in [0, 0.05) is 49.3 Å². The fourth-order valence-electron chi connectivity index (χ4n) is 8.65. The summed E-state index contributed by atoms with van der Waals surface area (Å²) in [6.07, 6.45) is 0. The van der Waals surface area contributed by atoms with Crippen molar-refractivity contribution >= 4 is 43.7 Å². The zero-order valence-corrected chi connectivity index (χ0v) is 29.3. The van der Waals surface area contributed by atoms with E-state index in [4.69, 9.17) is 14.4 Å². The largest absolute Gasteiger partial charge is 0.456 e. The van der Waals surface area contributed by atoms with Crippen LogP contribution >= 0.6 is 0 Å². The first-order chi connectivity index (χ1) is 26.0. The Morgan fingerprint density at radius 3 is 1.91 bits per heavy atom. The van der Waals surface area contributed by atoms with Crippen LogP contribution in [0.1, 0.15) is 25.0 Å². The van der Waals surface area contributed by atoms with Crippen molar-refractivity contribution in [3.63, 3.8) is 0 Å². The van der Waals surface area contributed by atoms with Crippen molar-refractivity contribution in [2.75, 3.05) is 0 Å². The molecule has 0 atom stereocenters. The Morgan fingerprint density at radius 1 is 0.472 bits per heavy atom. The van der Waals surface area contributed by atoms with E-state index in [0.29, 0.717) is 5.82 Å². The first kappa shape index (κ1) is 29.9. The number of rotatable bonds is 4. The lowest BCUT2D eigenvalue weighted by Crippen LogP contribution is -2.14. The van der Waals surface area contributed by atoms with E-state index in [-0.39, 0.29) is 5.41 Å². The molecule has 1 aliphatic carbocycles. The van der Waals surface area contributed by atoms with Crippen LogP contribution in [0.3, 0.4) is 0 Å². The second kappa shape index (κ2) is 11.1. The normalized spacial score (nSPS) is 13.2. The summed E-state index contributed by atoms with van der Waals surface area (Å²) < 4.78 is 9.05. The van der Waals surface area contributed by atoms with E-state index in [1.165, 1.54) is 33.0 Å². The number of fused-ring (bicyclic) bond motifs is 10. The molecule has 0 amide bonds. The highest BCUT2D eigenvalue weighted by Gasteiger charge is 2.36. The van der Waals surface area contributed by atoms with Crippen LogP contribution in [0.15, 0.2) is 168 Å². The molecule has 0 bridgehead atoms. The van der Waals surface area contributed by atoms with Crippen LogP contribution in [0.5, 0.6) is 0 Å². The lowest BCUT2D eigenvalue weighted by molar-refractivity contribution is 0.647. The van der Waals surface area contributed by atoms with Gasteiger partial charge in [-0.25, -0.2) is 9.97 Å². The Labute approximate surface area is 306 Å². The molecule has 0 saturated heterocycles. The summed E-state index contributed by atoms with van der Waals surface area (Å²) in [6.45, 7) is 4.64. The second-order valence-electron chi connectivity index (χ2n) is 14.6. The highest BCUT2D eigenvalue weighted by atomic mass is 16.3. The summed E-state index contributed by atoms with van der Waals surface area (Å²) in [4.78, 5) is 10.1. The summed E-state index contributed by atoms with van der Waals surface area (Å²) in [6, 6.07) is 57.9. The first-order valence-electron chi connectivity index (χ1n) is 18.2. The SMILES string of the molecule is CC1(C)c2ccccc2-c2cc3c(cc21)oc1ccc2c(c4ccccc4n2-c2ccc(-c4cc(-c5ccccc5)nc(-c5ccccc5)n4)cc2)c13. The van der Waals surface area contributed by atoms with Crippen LogP contribution in [0.2, 0.25) is 0 Å². The zero-order valence-electron chi connectivity index (χ0n) is 29.3. The molecule has 3 heterocycles. The fourth-order valence-corrected chi connectivity index (χ4v) is 8.65. The van der Waals surface area contributed by atoms with E-state index >= 15 is 0 Å². The molecule has 0 saturated carbocycles. The third kappa shape index (κ3) is 4.42. The molecule has 7 aromatic carbocycles. The van der Waals surface area contributed by atoms with Crippen molar-refractivity contribution in [1.82, 2.24) is 14.5 Å². The highest BCUT2D eigenvalue weighted by Crippen LogP contribution is 2.51. The van der Waals surface area contributed by atoms with Crippen LogP contribution in [-0.4, -0.2) is 14.5 Å². The Hall–Kier alpha value is -6.78. The van der Waals surface area contributed by atoms with Crippen molar-refractivity contribution in [2.24, 2.45) is 0 Å². The summed E-state index contributed by atoms with van der Waals surface area (Å²) >= 11 is 0. The fraction of sp³-hybridized carbons (Fsp3) is 0.0612. The van der Waals surface area contributed by atoms with E-state index in [1.54, 1.807) is 0 Å². The molecular weight excluding hydrogens is 647 g/mol. The minimum Gasteiger partial charge on any atom is -0.456 e. The zero-order chi connectivity index (χ0) is 35.3. The molecule has 11 rings (SSSR count). The third-order valence-electron chi connectivity index (χ3n) is 11.2. The molecule has 3 aromatic heterocycles. The minimum absolute atomic E-state index is 0.0887. The lowest BCUT2D eigenvalue weighted by Gasteiger charge is -2.21. The highest BCUT2D eigenvalue weighted by molar-refractivity contribution is 6.27. The topological polar surface area (TPSA) is 43.9 Å². The van der Waals surface area contributed by atoms with Gasteiger partial charge in [0.1, 0.15) is 11.2 Å². The van der Waals surface area contributed by atoms with Crippen LogP contribution in [-0.2, 0) is 5.41 Å². The van der Waals surface area contributed by atoms with E-state index in [0.717, 1.165) is 66.7 Å². The molecule has 0 spiro atoms. The van der Waals surface area contributed by atoms with E-state index in [9.17, 15) is 0 Å². The lowest BCUT2D eigenvalue weighted by atomic mass is 9.82. The Bertz CT molecular complexity index is 3000. The smallest absolute Gasteiger partial charge is 0.160 e. The predicted molar refractivity (Wildman–Crippen MR) is 218 cm³/mol. The molecule has 4 nitrogen and oxygen atoms in total. The molecular formula is C49H33N3O. The number of benzene rings is 7. The molecule has 250 valence electrons. The van der Waals surface area contributed by atoms with Crippen molar-refractivity contribution in [2.45, 2.75) is 19.3 Å². The molecule has 53 heavy (non-hydrogen) atoms. The van der Waals surface area contributed by atoms with Gasteiger partial charge in [-0.15, -0.1) is 0 Å². The van der Waals surface area contributed by atoms with Gasteiger partial charge < -0.3 is 8.98 Å². The van der Waals surface area contributed by atoms with Gasteiger partial charge in [0.15, 0.2) is 5.82 Å². The molecule has 10 aromatic rings. The van der Waals surface area contributed by atoms with Gasteiger partial charge in [0.05, 0.1) is 22.4 Å². The molecule has 4 heteroatoms. The Balaban J connectivity index is 1.09. The summed E-state index contributed by atoms with van der Waals surface area (Å²) in [7, 11) is 0. The first-order valence-corrected chi connectivity index (χ1v) is 18.2. The predicted octanol–water partition coefficient (Wildman–Crippen LogP) is 12.8. The standard InChI is InChI=1S/C49H33N3O/c1-49(2)38-19-11-9-17-34(38)36-27-37-45(28-39(36)49)53-44-26-25-43-46(47(37)44)35-18-10-12-20-42(35)52(43)33-23-21-31(22-24-33)41-29-40(30-13-5-3-6-14-30)50-48(51-41)32-15-7-4-8-16-32/h3-29H,1-2H3. The van der Waals surface area contributed by atoms with Gasteiger partial charge in [-0.3, -0.25) is 0 Å².